The number of alkyl halides is 3. The Balaban J connectivity index is 1.73. The molecular weight excluding hydrogens is 439 g/mol. The summed E-state index contributed by atoms with van der Waals surface area (Å²) in [4.78, 5) is 31.1. The Labute approximate surface area is 191 Å². The molecule has 1 unspecified atom stereocenters. The van der Waals surface area contributed by atoms with Crippen LogP contribution >= 0.6 is 11.8 Å². The maximum absolute atomic E-state index is 13.5. The number of nitrogens with zero attached hydrogens (tertiary/aromatic N) is 2. The van der Waals surface area contributed by atoms with Crippen molar-refractivity contribution in [2.24, 2.45) is 10.9 Å². The van der Waals surface area contributed by atoms with E-state index in [0.29, 0.717) is 37.0 Å². The van der Waals surface area contributed by atoms with E-state index in [1.807, 2.05) is 18.7 Å². The number of piperidine rings is 1. The van der Waals surface area contributed by atoms with Crippen molar-refractivity contribution in [3.8, 4) is 0 Å². The van der Waals surface area contributed by atoms with Gasteiger partial charge < -0.3 is 10.2 Å². The van der Waals surface area contributed by atoms with Gasteiger partial charge in [0.25, 0.3) is 0 Å². The number of hydrogen-bond donors (Lipinski definition) is 1. The average Bonchev–Trinajstić information content (AvgIpc) is 2.99. The number of rotatable bonds is 5. The highest BCUT2D eigenvalue weighted by Crippen LogP contribution is 2.42. The van der Waals surface area contributed by atoms with Gasteiger partial charge in [0.15, 0.2) is 5.17 Å². The van der Waals surface area contributed by atoms with Gasteiger partial charge in [-0.05, 0) is 57.6 Å². The number of hydrogen-bond acceptors (Lipinski definition) is 4. The van der Waals surface area contributed by atoms with Crippen LogP contribution in [0.1, 0.15) is 64.5 Å². The van der Waals surface area contributed by atoms with E-state index in [0.717, 1.165) is 18.9 Å². The fourth-order valence-corrected chi connectivity index (χ4v) is 5.75. The molecule has 2 aliphatic heterocycles. The molecule has 2 saturated heterocycles. The summed E-state index contributed by atoms with van der Waals surface area (Å²) >= 11 is 1.29. The number of nitrogens with one attached hydrogen (secondary N) is 1. The van der Waals surface area contributed by atoms with Gasteiger partial charge in [0.1, 0.15) is 0 Å². The number of amidine groups is 1. The smallest absolute Gasteiger partial charge is 0.343 e. The summed E-state index contributed by atoms with van der Waals surface area (Å²) in [5.74, 6) is 0.282. The molecule has 0 radical (unpaired) electrons. The van der Waals surface area contributed by atoms with E-state index in [-0.39, 0.29) is 17.4 Å². The van der Waals surface area contributed by atoms with E-state index in [9.17, 15) is 22.8 Å². The van der Waals surface area contributed by atoms with Gasteiger partial charge >= 0.3 is 6.18 Å². The molecule has 0 aromatic heterocycles. The number of likely N-dealkylation sites (tertiary alicyclic amines) is 1. The normalized spacial score (nSPS) is 24.2. The summed E-state index contributed by atoms with van der Waals surface area (Å²) in [5, 5.41) is 3.13. The molecule has 1 aromatic carbocycles. The predicted octanol–water partition coefficient (Wildman–Crippen LogP) is 4.96. The summed E-state index contributed by atoms with van der Waals surface area (Å²) < 4.78 is 39.7. The summed E-state index contributed by atoms with van der Waals surface area (Å²) in [6, 6.07) is 5.40. The highest BCUT2D eigenvalue weighted by Gasteiger charge is 2.45. The van der Waals surface area contributed by atoms with Crippen LogP contribution in [0.25, 0.3) is 0 Å². The molecule has 2 fully saturated rings. The van der Waals surface area contributed by atoms with Gasteiger partial charge in [-0.3, -0.25) is 14.6 Å². The van der Waals surface area contributed by atoms with E-state index in [1.54, 1.807) is 19.9 Å². The van der Waals surface area contributed by atoms with E-state index < -0.39 is 22.0 Å². The number of amides is 2. The SMILES string of the molecule is CCC(=O)N1CCC(CC2(C)SC(=NC(C)(C)c3ccccc3C(F)(F)F)NC2=O)CC1. The molecule has 1 N–H and O–H groups in total. The molecule has 5 nitrogen and oxygen atoms in total. The Hall–Kier alpha value is -2.03. The van der Waals surface area contributed by atoms with E-state index >= 15 is 0 Å². The van der Waals surface area contributed by atoms with Crippen molar-refractivity contribution < 1.29 is 22.8 Å². The van der Waals surface area contributed by atoms with Crippen LogP contribution in [0.15, 0.2) is 29.3 Å². The molecule has 2 heterocycles. The minimum absolute atomic E-state index is 0.0661. The van der Waals surface area contributed by atoms with Gasteiger partial charge in [-0.15, -0.1) is 0 Å². The third-order valence-electron chi connectivity index (χ3n) is 6.24. The molecule has 0 spiro atoms. The first-order valence-corrected chi connectivity index (χ1v) is 11.7. The Kier molecular flexibility index (Phi) is 6.98. The zero-order chi connectivity index (χ0) is 23.7. The molecule has 176 valence electrons. The lowest BCUT2D eigenvalue weighted by atomic mass is 9.87. The van der Waals surface area contributed by atoms with Crippen LogP contribution in [0.5, 0.6) is 0 Å². The Morgan fingerprint density at radius 1 is 1.22 bits per heavy atom. The number of aliphatic imine (C=N–C) groups is 1. The molecule has 9 heteroatoms. The standard InChI is InChI=1S/C23H30F3N3O2S/c1-5-18(30)29-12-10-15(11-13-29)14-22(4)19(31)27-20(32-22)28-21(2,3)16-8-6-7-9-17(16)23(24,25)26/h6-9,15H,5,10-14H2,1-4H3,(H,27,28,31). The topological polar surface area (TPSA) is 61.8 Å². The molecule has 0 aliphatic carbocycles. The fraction of sp³-hybridized carbons (Fsp3) is 0.609. The van der Waals surface area contributed by atoms with E-state index in [1.165, 1.54) is 23.9 Å². The molecule has 2 amide bonds. The number of thioether (sulfide) groups is 1. The number of benzene rings is 1. The summed E-state index contributed by atoms with van der Waals surface area (Å²) in [5.41, 5.74) is -1.82. The van der Waals surface area contributed by atoms with Crippen molar-refractivity contribution in [2.45, 2.75) is 69.8 Å². The van der Waals surface area contributed by atoms with Gasteiger partial charge in [0.05, 0.1) is 15.8 Å². The first-order valence-electron chi connectivity index (χ1n) is 10.9. The lowest BCUT2D eigenvalue weighted by Gasteiger charge is -2.34. The first-order chi connectivity index (χ1) is 14.9. The Bertz CT molecular complexity index is 908. The van der Waals surface area contributed by atoms with Crippen LogP contribution in [-0.4, -0.2) is 39.7 Å². The lowest BCUT2D eigenvalue weighted by Crippen LogP contribution is -2.41. The molecule has 32 heavy (non-hydrogen) atoms. The molecule has 1 atom stereocenters. The second-order valence-electron chi connectivity index (χ2n) is 9.19. The zero-order valence-electron chi connectivity index (χ0n) is 18.9. The molecule has 0 saturated carbocycles. The van der Waals surface area contributed by atoms with Crippen molar-refractivity contribution in [1.82, 2.24) is 10.2 Å². The van der Waals surface area contributed by atoms with Crippen LogP contribution < -0.4 is 5.32 Å². The van der Waals surface area contributed by atoms with Crippen molar-refractivity contribution >= 4 is 28.7 Å². The highest BCUT2D eigenvalue weighted by atomic mass is 32.2. The lowest BCUT2D eigenvalue weighted by molar-refractivity contribution is -0.138. The van der Waals surface area contributed by atoms with E-state index in [2.05, 4.69) is 10.3 Å². The van der Waals surface area contributed by atoms with Crippen LogP contribution in [-0.2, 0) is 21.3 Å². The summed E-state index contributed by atoms with van der Waals surface area (Å²) in [6.07, 6.45) is -1.68. The second kappa shape index (κ2) is 9.08. The van der Waals surface area contributed by atoms with Gasteiger partial charge in [-0.1, -0.05) is 36.9 Å². The number of carbonyl (C=O) groups is 2. The van der Waals surface area contributed by atoms with Gasteiger partial charge in [0, 0.05) is 19.5 Å². The minimum Gasteiger partial charge on any atom is -0.343 e. The number of halogens is 3. The van der Waals surface area contributed by atoms with E-state index in [4.69, 9.17) is 0 Å². The van der Waals surface area contributed by atoms with Crippen LogP contribution in [0.4, 0.5) is 13.2 Å². The third kappa shape index (κ3) is 5.30. The minimum atomic E-state index is -4.48. The van der Waals surface area contributed by atoms with Crippen molar-refractivity contribution in [2.75, 3.05) is 13.1 Å². The molecule has 2 aliphatic rings. The summed E-state index contributed by atoms with van der Waals surface area (Å²) in [6.45, 7) is 8.34. The van der Waals surface area contributed by atoms with Gasteiger partial charge in [-0.2, -0.15) is 13.2 Å². The van der Waals surface area contributed by atoms with Gasteiger partial charge in [0.2, 0.25) is 11.8 Å². The largest absolute Gasteiger partial charge is 0.416 e. The monoisotopic (exact) mass is 469 g/mol. The first kappa shape index (κ1) is 24.6. The van der Waals surface area contributed by atoms with Crippen molar-refractivity contribution in [3.63, 3.8) is 0 Å². The second-order valence-corrected chi connectivity index (χ2v) is 10.7. The van der Waals surface area contributed by atoms with Gasteiger partial charge in [-0.25, -0.2) is 0 Å². The van der Waals surface area contributed by atoms with Crippen LogP contribution in [0.3, 0.4) is 0 Å². The zero-order valence-corrected chi connectivity index (χ0v) is 19.7. The molecular formula is C23H30F3N3O2S. The summed E-state index contributed by atoms with van der Waals surface area (Å²) in [7, 11) is 0. The maximum Gasteiger partial charge on any atom is 0.416 e. The predicted molar refractivity (Wildman–Crippen MR) is 120 cm³/mol. The fourth-order valence-electron chi connectivity index (χ4n) is 4.44. The van der Waals surface area contributed by atoms with Crippen molar-refractivity contribution in [1.29, 1.82) is 0 Å². The maximum atomic E-state index is 13.5. The molecule has 1 aromatic rings. The Morgan fingerprint density at radius 3 is 2.38 bits per heavy atom. The highest BCUT2D eigenvalue weighted by molar-refractivity contribution is 8.16. The third-order valence-corrected chi connectivity index (χ3v) is 7.43. The average molecular weight is 470 g/mol. The quantitative estimate of drug-likeness (QED) is 0.663. The van der Waals surface area contributed by atoms with Crippen LogP contribution in [0, 0.1) is 5.92 Å². The molecule has 3 rings (SSSR count). The van der Waals surface area contributed by atoms with Crippen LogP contribution in [0.2, 0.25) is 0 Å². The number of carbonyl (C=O) groups excluding carboxylic acids is 2. The Morgan fingerprint density at radius 2 is 1.81 bits per heavy atom. The molecule has 0 bridgehead atoms. The van der Waals surface area contributed by atoms with Crippen molar-refractivity contribution in [3.05, 3.63) is 35.4 Å².